The number of H-pyrrole nitrogens is 1. The molecule has 0 bridgehead atoms. The number of rotatable bonds is 5. The van der Waals surface area contributed by atoms with E-state index in [0.717, 1.165) is 48.4 Å². The monoisotopic (exact) mass is 386 g/mol. The molecule has 6 heteroatoms. The van der Waals surface area contributed by atoms with Gasteiger partial charge in [0, 0.05) is 43.7 Å². The molecular formula is C23H22N4O2. The second-order valence-corrected chi connectivity index (χ2v) is 7.48. The number of aliphatic hydroxyl groups is 1. The number of pyridine rings is 1. The quantitative estimate of drug-likeness (QED) is 0.543. The number of hydrogen-bond donors (Lipinski definition) is 2. The number of aliphatic hydroxyl groups excluding tert-OH is 1. The first-order chi connectivity index (χ1) is 14.2. The van der Waals surface area contributed by atoms with Crippen LogP contribution in [0.5, 0.6) is 11.6 Å². The molecule has 0 amide bonds. The number of likely N-dealkylation sites (tertiary alicyclic amines) is 1. The first-order valence-corrected chi connectivity index (χ1v) is 9.80. The largest absolute Gasteiger partial charge is 0.439 e. The van der Waals surface area contributed by atoms with Crippen molar-refractivity contribution in [2.24, 2.45) is 0 Å². The Morgan fingerprint density at radius 2 is 1.97 bits per heavy atom. The van der Waals surface area contributed by atoms with Gasteiger partial charge in [0.2, 0.25) is 5.88 Å². The number of nitrogens with one attached hydrogen (secondary N) is 1. The second-order valence-electron chi connectivity index (χ2n) is 7.48. The van der Waals surface area contributed by atoms with E-state index < -0.39 is 0 Å². The van der Waals surface area contributed by atoms with Gasteiger partial charge in [-0.05, 0) is 53.1 Å². The first kappa shape index (κ1) is 17.8. The van der Waals surface area contributed by atoms with Crippen LogP contribution in [0, 0.1) is 0 Å². The molecule has 3 heterocycles. The summed E-state index contributed by atoms with van der Waals surface area (Å²) >= 11 is 0. The van der Waals surface area contributed by atoms with E-state index in [1.54, 1.807) is 12.4 Å². The summed E-state index contributed by atoms with van der Waals surface area (Å²) in [5.74, 6) is 1.31. The average Bonchev–Trinajstić information content (AvgIpc) is 3.41. The van der Waals surface area contributed by atoms with Crippen molar-refractivity contribution in [1.29, 1.82) is 0 Å². The molecule has 0 aliphatic carbocycles. The van der Waals surface area contributed by atoms with E-state index in [-0.39, 0.29) is 6.10 Å². The van der Waals surface area contributed by atoms with Gasteiger partial charge in [-0.2, -0.15) is 5.10 Å². The minimum absolute atomic E-state index is 0.183. The van der Waals surface area contributed by atoms with Gasteiger partial charge < -0.3 is 9.84 Å². The van der Waals surface area contributed by atoms with Gasteiger partial charge in [0.05, 0.1) is 11.8 Å². The fourth-order valence-electron chi connectivity index (χ4n) is 3.79. The van der Waals surface area contributed by atoms with Gasteiger partial charge in [0.25, 0.3) is 0 Å². The van der Waals surface area contributed by atoms with Crippen molar-refractivity contribution in [3.63, 3.8) is 0 Å². The van der Waals surface area contributed by atoms with E-state index in [9.17, 15) is 5.11 Å². The van der Waals surface area contributed by atoms with Crippen LogP contribution in [0.3, 0.4) is 0 Å². The Labute approximate surface area is 168 Å². The third-order valence-electron chi connectivity index (χ3n) is 5.30. The SMILES string of the molecule is OC1CCN(Cc2ccc3cc(Oc4ccc(-c5ccn[nH]5)cn4)ccc3c2)C1. The molecule has 0 spiro atoms. The molecular weight excluding hydrogens is 364 g/mol. The van der Waals surface area contributed by atoms with Crippen LogP contribution in [0.2, 0.25) is 0 Å². The summed E-state index contributed by atoms with van der Waals surface area (Å²) in [5.41, 5.74) is 3.15. The molecule has 146 valence electrons. The van der Waals surface area contributed by atoms with E-state index in [0.29, 0.717) is 5.88 Å². The zero-order chi connectivity index (χ0) is 19.6. The maximum Gasteiger partial charge on any atom is 0.219 e. The topological polar surface area (TPSA) is 74.3 Å². The summed E-state index contributed by atoms with van der Waals surface area (Å²) in [6, 6.07) is 18.3. The molecule has 1 atom stereocenters. The summed E-state index contributed by atoms with van der Waals surface area (Å²) in [6.07, 6.45) is 4.17. The van der Waals surface area contributed by atoms with Gasteiger partial charge in [0.15, 0.2) is 0 Å². The van der Waals surface area contributed by atoms with E-state index in [4.69, 9.17) is 4.74 Å². The Morgan fingerprint density at radius 3 is 2.72 bits per heavy atom. The van der Waals surface area contributed by atoms with Gasteiger partial charge in [-0.15, -0.1) is 0 Å². The molecule has 2 aromatic heterocycles. The highest BCUT2D eigenvalue weighted by atomic mass is 16.5. The minimum Gasteiger partial charge on any atom is -0.439 e. The number of aromatic nitrogens is 3. The molecule has 1 saturated heterocycles. The number of benzene rings is 2. The van der Waals surface area contributed by atoms with Crippen LogP contribution in [0.15, 0.2) is 67.0 Å². The highest BCUT2D eigenvalue weighted by molar-refractivity contribution is 5.84. The lowest BCUT2D eigenvalue weighted by Gasteiger charge is -2.15. The van der Waals surface area contributed by atoms with Crippen LogP contribution in [-0.2, 0) is 6.54 Å². The highest BCUT2D eigenvalue weighted by Crippen LogP contribution is 2.27. The predicted octanol–water partition coefficient (Wildman–Crippen LogP) is 3.98. The van der Waals surface area contributed by atoms with E-state index in [2.05, 4.69) is 44.3 Å². The van der Waals surface area contributed by atoms with E-state index >= 15 is 0 Å². The normalized spacial score (nSPS) is 17.1. The number of fused-ring (bicyclic) bond motifs is 1. The number of hydrogen-bond acceptors (Lipinski definition) is 5. The van der Waals surface area contributed by atoms with Gasteiger partial charge in [0.1, 0.15) is 5.75 Å². The molecule has 4 aromatic rings. The summed E-state index contributed by atoms with van der Waals surface area (Å²) < 4.78 is 5.94. The Morgan fingerprint density at radius 1 is 1.07 bits per heavy atom. The third kappa shape index (κ3) is 3.99. The molecule has 5 rings (SSSR count). The fraction of sp³-hybridized carbons (Fsp3) is 0.217. The highest BCUT2D eigenvalue weighted by Gasteiger charge is 2.19. The Kier molecular flexibility index (Phi) is 4.71. The van der Waals surface area contributed by atoms with Crippen molar-refractivity contribution in [1.82, 2.24) is 20.1 Å². The molecule has 0 saturated carbocycles. The molecule has 6 nitrogen and oxygen atoms in total. The fourth-order valence-corrected chi connectivity index (χ4v) is 3.79. The average molecular weight is 386 g/mol. The van der Waals surface area contributed by atoms with Gasteiger partial charge >= 0.3 is 0 Å². The lowest BCUT2D eigenvalue weighted by Crippen LogP contribution is -2.21. The molecule has 1 aliphatic rings. The first-order valence-electron chi connectivity index (χ1n) is 9.80. The maximum atomic E-state index is 9.70. The molecule has 1 aliphatic heterocycles. The zero-order valence-electron chi connectivity index (χ0n) is 16.0. The maximum absolute atomic E-state index is 9.70. The number of nitrogens with zero attached hydrogens (tertiary/aromatic N) is 3. The lowest BCUT2D eigenvalue weighted by molar-refractivity contribution is 0.175. The van der Waals surface area contributed by atoms with Gasteiger partial charge in [-0.25, -0.2) is 4.98 Å². The van der Waals surface area contributed by atoms with Crippen LogP contribution in [0.4, 0.5) is 0 Å². The predicted molar refractivity (Wildman–Crippen MR) is 112 cm³/mol. The van der Waals surface area contributed by atoms with Crippen molar-refractivity contribution < 1.29 is 9.84 Å². The lowest BCUT2D eigenvalue weighted by atomic mass is 10.1. The standard InChI is InChI=1S/C23H22N4O2/c28-20-8-10-27(15-20)14-16-1-2-18-12-21(5-3-17(18)11-16)29-23-6-4-19(13-24-23)22-7-9-25-26-22/h1-7,9,11-13,20,28H,8,10,14-15H2,(H,25,26). The summed E-state index contributed by atoms with van der Waals surface area (Å²) in [6.45, 7) is 2.59. The van der Waals surface area contributed by atoms with E-state index in [1.165, 1.54) is 10.9 Å². The van der Waals surface area contributed by atoms with Crippen LogP contribution < -0.4 is 4.74 Å². The molecule has 1 unspecified atom stereocenters. The minimum atomic E-state index is -0.183. The van der Waals surface area contributed by atoms with E-state index in [1.807, 2.05) is 30.3 Å². The molecule has 2 N–H and O–H groups in total. The molecule has 1 fully saturated rings. The second kappa shape index (κ2) is 7.66. The van der Waals surface area contributed by atoms with Crippen molar-refractivity contribution in [2.45, 2.75) is 19.1 Å². The number of β-amino-alcohol motifs (C(OH)–C–C–N with tert-alkyl or cyclic N) is 1. The Bertz CT molecular complexity index is 1110. The molecule has 29 heavy (non-hydrogen) atoms. The van der Waals surface area contributed by atoms with Gasteiger partial charge in [-0.1, -0.05) is 18.2 Å². The molecule has 2 aromatic carbocycles. The van der Waals surface area contributed by atoms with Crippen LogP contribution >= 0.6 is 0 Å². The van der Waals surface area contributed by atoms with Crippen LogP contribution in [-0.4, -0.2) is 44.4 Å². The third-order valence-corrected chi connectivity index (χ3v) is 5.30. The van der Waals surface area contributed by atoms with Gasteiger partial charge in [-0.3, -0.25) is 10.00 Å². The van der Waals surface area contributed by atoms with Crippen molar-refractivity contribution in [3.05, 3.63) is 72.6 Å². The zero-order valence-corrected chi connectivity index (χ0v) is 16.0. The number of ether oxygens (including phenoxy) is 1. The molecule has 0 radical (unpaired) electrons. The van der Waals surface area contributed by atoms with Crippen molar-refractivity contribution in [3.8, 4) is 22.9 Å². The number of aromatic amines is 1. The Balaban J connectivity index is 1.30. The smallest absolute Gasteiger partial charge is 0.219 e. The van der Waals surface area contributed by atoms with Crippen LogP contribution in [0.25, 0.3) is 22.0 Å². The summed E-state index contributed by atoms with van der Waals surface area (Å²) in [7, 11) is 0. The summed E-state index contributed by atoms with van der Waals surface area (Å²) in [5, 5.41) is 18.9. The van der Waals surface area contributed by atoms with Crippen molar-refractivity contribution >= 4 is 10.8 Å². The van der Waals surface area contributed by atoms with Crippen LogP contribution in [0.1, 0.15) is 12.0 Å². The Hall–Kier alpha value is -3.22. The van der Waals surface area contributed by atoms with Crippen molar-refractivity contribution in [2.75, 3.05) is 13.1 Å². The summed E-state index contributed by atoms with van der Waals surface area (Å²) in [4.78, 5) is 6.69.